The summed E-state index contributed by atoms with van der Waals surface area (Å²) in [7, 11) is 0. The molecule has 80 valence electrons. The van der Waals surface area contributed by atoms with Gasteiger partial charge in [0.15, 0.2) is 0 Å². The topological polar surface area (TPSA) is 46.6 Å². The molecule has 0 aromatic heterocycles. The molecule has 4 heteroatoms. The molecule has 3 aliphatic heterocycles. The highest BCUT2D eigenvalue weighted by molar-refractivity contribution is 6.06. The van der Waals surface area contributed by atoms with Crippen LogP contribution >= 0.6 is 0 Å². The Labute approximate surface area is 87.6 Å². The maximum absolute atomic E-state index is 12.1. The summed E-state index contributed by atoms with van der Waals surface area (Å²) in [6.07, 6.45) is 4.02. The van der Waals surface area contributed by atoms with Gasteiger partial charge in [0.25, 0.3) is 0 Å². The number of amides is 2. The van der Waals surface area contributed by atoms with E-state index in [1.807, 2.05) is 0 Å². The summed E-state index contributed by atoms with van der Waals surface area (Å²) >= 11 is 0. The third-order valence-electron chi connectivity index (χ3n) is 4.23. The fourth-order valence-corrected chi connectivity index (χ4v) is 3.43. The van der Waals surface area contributed by atoms with Crippen molar-refractivity contribution >= 4 is 11.8 Å². The van der Waals surface area contributed by atoms with Gasteiger partial charge in [0.1, 0.15) is 0 Å². The zero-order valence-electron chi connectivity index (χ0n) is 8.39. The fourth-order valence-electron chi connectivity index (χ4n) is 3.43. The predicted octanol–water partition coefficient (Wildman–Crippen LogP) is 0.311. The van der Waals surface area contributed by atoms with Gasteiger partial charge < -0.3 is 4.74 Å². The van der Waals surface area contributed by atoms with E-state index < -0.39 is 0 Å². The van der Waals surface area contributed by atoms with Gasteiger partial charge in [0.2, 0.25) is 11.8 Å². The standard InChI is InChI=1S/C11H13NO3/c13-10-8-6-3-4-7(15-6)9(8)11(14)12(10)5-1-2-5/h5-9H,1-4H2/t6-,7-,8+,9+/m1/s1. The lowest BCUT2D eigenvalue weighted by Crippen LogP contribution is -2.35. The van der Waals surface area contributed by atoms with Gasteiger partial charge in [-0.15, -0.1) is 0 Å². The van der Waals surface area contributed by atoms with Crippen LogP contribution in [0.25, 0.3) is 0 Å². The van der Waals surface area contributed by atoms with Crippen LogP contribution in [0.2, 0.25) is 0 Å². The van der Waals surface area contributed by atoms with E-state index in [2.05, 4.69) is 0 Å². The van der Waals surface area contributed by atoms with Crippen LogP contribution in [0, 0.1) is 11.8 Å². The van der Waals surface area contributed by atoms with Crippen LogP contribution in [0.4, 0.5) is 0 Å². The molecule has 0 radical (unpaired) electrons. The molecular formula is C11H13NO3. The van der Waals surface area contributed by atoms with Gasteiger partial charge in [-0.05, 0) is 25.7 Å². The monoisotopic (exact) mass is 207 g/mol. The van der Waals surface area contributed by atoms with Crippen LogP contribution < -0.4 is 0 Å². The molecule has 2 amide bonds. The number of hydrogen-bond acceptors (Lipinski definition) is 3. The van der Waals surface area contributed by atoms with E-state index in [0.29, 0.717) is 0 Å². The van der Waals surface area contributed by atoms with Crippen molar-refractivity contribution in [1.82, 2.24) is 4.90 Å². The van der Waals surface area contributed by atoms with Gasteiger partial charge in [-0.25, -0.2) is 0 Å². The van der Waals surface area contributed by atoms with E-state index >= 15 is 0 Å². The number of hydrogen-bond donors (Lipinski definition) is 0. The first-order valence-electron chi connectivity index (χ1n) is 5.80. The summed E-state index contributed by atoms with van der Waals surface area (Å²) in [5.41, 5.74) is 0. The highest BCUT2D eigenvalue weighted by atomic mass is 16.5. The average molecular weight is 207 g/mol. The molecule has 15 heavy (non-hydrogen) atoms. The molecule has 1 aliphatic carbocycles. The summed E-state index contributed by atoms with van der Waals surface area (Å²) in [6, 6.07) is 0.231. The quantitative estimate of drug-likeness (QED) is 0.581. The highest BCUT2D eigenvalue weighted by Crippen LogP contribution is 2.50. The molecule has 0 aromatic carbocycles. The van der Waals surface area contributed by atoms with Gasteiger partial charge in [-0.3, -0.25) is 14.5 Å². The van der Waals surface area contributed by atoms with Crippen LogP contribution in [0.15, 0.2) is 0 Å². The Kier molecular flexibility index (Phi) is 1.34. The number of carbonyl (C=O) groups is 2. The van der Waals surface area contributed by atoms with Crippen molar-refractivity contribution in [2.24, 2.45) is 11.8 Å². The van der Waals surface area contributed by atoms with Crippen molar-refractivity contribution in [3.8, 4) is 0 Å². The van der Waals surface area contributed by atoms with Gasteiger partial charge in [0, 0.05) is 6.04 Å². The van der Waals surface area contributed by atoms with E-state index in [4.69, 9.17) is 4.74 Å². The summed E-state index contributed by atoms with van der Waals surface area (Å²) in [5, 5.41) is 0. The number of fused-ring (bicyclic) bond motifs is 5. The first-order valence-corrected chi connectivity index (χ1v) is 5.80. The third kappa shape index (κ3) is 0.869. The molecule has 0 N–H and O–H groups in total. The van der Waals surface area contributed by atoms with Crippen molar-refractivity contribution in [3.05, 3.63) is 0 Å². The second kappa shape index (κ2) is 2.43. The number of rotatable bonds is 1. The van der Waals surface area contributed by atoms with E-state index in [1.165, 1.54) is 0 Å². The Morgan fingerprint density at radius 1 is 0.933 bits per heavy atom. The minimum atomic E-state index is -0.128. The first-order chi connectivity index (χ1) is 7.27. The lowest BCUT2D eigenvalue weighted by molar-refractivity contribution is -0.143. The maximum atomic E-state index is 12.1. The smallest absolute Gasteiger partial charge is 0.236 e. The second-order valence-corrected chi connectivity index (χ2v) is 5.12. The molecular weight excluding hydrogens is 194 g/mol. The molecule has 4 rings (SSSR count). The average Bonchev–Trinajstić information content (AvgIpc) is 2.75. The molecule has 3 heterocycles. The molecule has 4 nitrogen and oxygen atoms in total. The van der Waals surface area contributed by atoms with Gasteiger partial charge in [0.05, 0.1) is 24.0 Å². The molecule has 4 atom stereocenters. The minimum Gasteiger partial charge on any atom is -0.373 e. The fraction of sp³-hybridized carbons (Fsp3) is 0.818. The maximum Gasteiger partial charge on any atom is 0.236 e. The Hall–Kier alpha value is -0.900. The Bertz CT molecular complexity index is 335. The van der Waals surface area contributed by atoms with Gasteiger partial charge in [-0.2, -0.15) is 0 Å². The SMILES string of the molecule is O=C1[C@@H]2[C@@H](C(=O)N1C1CC1)[C@H]1CC[C@H]2O1. The lowest BCUT2D eigenvalue weighted by atomic mass is 9.81. The summed E-state index contributed by atoms with van der Waals surface area (Å²) in [5.74, 6) is -0.145. The van der Waals surface area contributed by atoms with Gasteiger partial charge >= 0.3 is 0 Å². The van der Waals surface area contributed by atoms with E-state index in [-0.39, 0.29) is 41.9 Å². The Morgan fingerprint density at radius 2 is 1.47 bits per heavy atom. The van der Waals surface area contributed by atoms with Crippen molar-refractivity contribution in [2.75, 3.05) is 0 Å². The zero-order valence-corrected chi connectivity index (χ0v) is 8.39. The van der Waals surface area contributed by atoms with Crippen LogP contribution in [0.5, 0.6) is 0 Å². The normalized spacial score (nSPS) is 47.9. The van der Waals surface area contributed by atoms with Crippen molar-refractivity contribution < 1.29 is 14.3 Å². The van der Waals surface area contributed by atoms with Crippen LogP contribution in [-0.2, 0) is 14.3 Å². The number of likely N-dealkylation sites (tertiary alicyclic amines) is 1. The number of ether oxygens (including phenoxy) is 1. The lowest BCUT2D eigenvalue weighted by Gasteiger charge is -2.16. The number of carbonyl (C=O) groups excluding carboxylic acids is 2. The predicted molar refractivity (Wildman–Crippen MR) is 49.8 cm³/mol. The first kappa shape index (κ1) is 8.28. The molecule has 4 fully saturated rings. The molecule has 0 spiro atoms. The molecule has 0 unspecified atom stereocenters. The molecule has 2 bridgehead atoms. The van der Waals surface area contributed by atoms with Crippen LogP contribution in [0.1, 0.15) is 25.7 Å². The zero-order chi connectivity index (χ0) is 10.2. The molecule has 0 aromatic rings. The van der Waals surface area contributed by atoms with E-state index in [0.717, 1.165) is 25.7 Å². The number of imide groups is 1. The Balaban J connectivity index is 1.74. The van der Waals surface area contributed by atoms with Gasteiger partial charge in [-0.1, -0.05) is 0 Å². The van der Waals surface area contributed by atoms with Crippen LogP contribution in [0.3, 0.4) is 0 Å². The van der Waals surface area contributed by atoms with Crippen molar-refractivity contribution in [2.45, 2.75) is 43.9 Å². The molecule has 3 saturated heterocycles. The van der Waals surface area contributed by atoms with Crippen molar-refractivity contribution in [3.63, 3.8) is 0 Å². The van der Waals surface area contributed by atoms with Crippen LogP contribution in [-0.4, -0.2) is 35.0 Å². The van der Waals surface area contributed by atoms with E-state index in [1.54, 1.807) is 4.90 Å². The highest BCUT2D eigenvalue weighted by Gasteiger charge is 2.64. The molecule has 1 saturated carbocycles. The summed E-state index contributed by atoms with van der Waals surface area (Å²) < 4.78 is 5.66. The third-order valence-corrected chi connectivity index (χ3v) is 4.23. The number of nitrogens with zero attached hydrogens (tertiary/aromatic N) is 1. The molecule has 4 aliphatic rings. The summed E-state index contributed by atoms with van der Waals surface area (Å²) in [6.45, 7) is 0. The minimum absolute atomic E-state index is 0.0419. The van der Waals surface area contributed by atoms with Crippen molar-refractivity contribution in [1.29, 1.82) is 0 Å². The second-order valence-electron chi connectivity index (χ2n) is 5.12. The van der Waals surface area contributed by atoms with E-state index in [9.17, 15) is 9.59 Å². The summed E-state index contributed by atoms with van der Waals surface area (Å²) in [4.78, 5) is 25.7. The Morgan fingerprint density at radius 3 is 1.93 bits per heavy atom. The largest absolute Gasteiger partial charge is 0.373 e.